The van der Waals surface area contributed by atoms with Crippen molar-refractivity contribution in [2.75, 3.05) is 0 Å². The molecule has 4 heteroatoms. The third kappa shape index (κ3) is 2.97. The van der Waals surface area contributed by atoms with Gasteiger partial charge >= 0.3 is 5.97 Å². The highest BCUT2D eigenvalue weighted by Gasteiger charge is 2.37. The Kier molecular flexibility index (Phi) is 4.77. The number of carbonyl (C=O) groups excluding carboxylic acids is 1. The summed E-state index contributed by atoms with van der Waals surface area (Å²) in [5.74, 6) is -1.70. The fraction of sp³-hybridized carbons (Fsp3) is 0.833. The summed E-state index contributed by atoms with van der Waals surface area (Å²) in [5, 5.41) is 11.9. The molecule has 0 saturated heterocycles. The number of carbonyl (C=O) groups is 2. The monoisotopic (exact) mass is 227 g/mol. The molecule has 16 heavy (non-hydrogen) atoms. The Morgan fingerprint density at radius 1 is 1.25 bits per heavy atom. The Bertz CT molecular complexity index is 261. The van der Waals surface area contributed by atoms with E-state index in [4.69, 9.17) is 5.11 Å². The third-order valence-electron chi connectivity index (χ3n) is 3.50. The van der Waals surface area contributed by atoms with Crippen LogP contribution in [0.4, 0.5) is 0 Å². The van der Waals surface area contributed by atoms with Crippen molar-refractivity contribution in [2.24, 2.45) is 11.8 Å². The number of carboxylic acid groups (broad SMARTS) is 1. The SMILES string of the molecule is CCC(CC)NC(=O)C1CCCC1C(=O)O. The van der Waals surface area contributed by atoms with Crippen LogP contribution in [0.3, 0.4) is 0 Å². The van der Waals surface area contributed by atoms with E-state index in [0.717, 1.165) is 19.3 Å². The maximum absolute atomic E-state index is 11.9. The van der Waals surface area contributed by atoms with E-state index in [0.29, 0.717) is 12.8 Å². The maximum Gasteiger partial charge on any atom is 0.307 e. The molecule has 2 N–H and O–H groups in total. The highest BCUT2D eigenvalue weighted by atomic mass is 16.4. The third-order valence-corrected chi connectivity index (χ3v) is 3.50. The van der Waals surface area contributed by atoms with Crippen molar-refractivity contribution in [2.45, 2.75) is 52.0 Å². The molecule has 0 aliphatic heterocycles. The Morgan fingerprint density at radius 3 is 2.31 bits per heavy atom. The van der Waals surface area contributed by atoms with Gasteiger partial charge in [0.15, 0.2) is 0 Å². The van der Waals surface area contributed by atoms with E-state index >= 15 is 0 Å². The predicted octanol–water partition coefficient (Wildman–Crippen LogP) is 1.79. The average Bonchev–Trinajstić information content (AvgIpc) is 2.74. The molecule has 1 fully saturated rings. The molecule has 0 aromatic heterocycles. The lowest BCUT2D eigenvalue weighted by molar-refractivity contribution is -0.146. The first-order valence-electron chi connectivity index (χ1n) is 6.13. The van der Waals surface area contributed by atoms with Gasteiger partial charge in [-0.3, -0.25) is 9.59 Å². The van der Waals surface area contributed by atoms with Gasteiger partial charge in [-0.1, -0.05) is 20.3 Å². The lowest BCUT2D eigenvalue weighted by Crippen LogP contribution is -2.40. The van der Waals surface area contributed by atoms with Crippen LogP contribution < -0.4 is 5.32 Å². The molecule has 1 saturated carbocycles. The van der Waals surface area contributed by atoms with Crippen LogP contribution in [0.5, 0.6) is 0 Å². The fourth-order valence-corrected chi connectivity index (χ4v) is 2.37. The summed E-state index contributed by atoms with van der Waals surface area (Å²) in [7, 11) is 0. The minimum Gasteiger partial charge on any atom is -0.481 e. The van der Waals surface area contributed by atoms with Crippen LogP contribution in [0.1, 0.15) is 46.0 Å². The first-order valence-corrected chi connectivity index (χ1v) is 6.13. The average molecular weight is 227 g/mol. The van der Waals surface area contributed by atoms with E-state index < -0.39 is 11.9 Å². The molecule has 0 spiro atoms. The summed E-state index contributed by atoms with van der Waals surface area (Å²) in [6.07, 6.45) is 3.98. The molecular weight excluding hydrogens is 206 g/mol. The Hall–Kier alpha value is -1.06. The lowest BCUT2D eigenvalue weighted by atomic mass is 9.95. The van der Waals surface area contributed by atoms with Crippen LogP contribution in [-0.2, 0) is 9.59 Å². The first kappa shape index (κ1) is 13.0. The zero-order valence-corrected chi connectivity index (χ0v) is 10.0. The molecule has 4 nitrogen and oxygen atoms in total. The van der Waals surface area contributed by atoms with Gasteiger partial charge in [0.1, 0.15) is 0 Å². The second-order valence-electron chi connectivity index (χ2n) is 4.50. The van der Waals surface area contributed by atoms with Crippen molar-refractivity contribution in [3.05, 3.63) is 0 Å². The largest absolute Gasteiger partial charge is 0.481 e. The molecular formula is C12H21NO3. The molecule has 0 aromatic carbocycles. The summed E-state index contributed by atoms with van der Waals surface area (Å²) in [6.45, 7) is 4.05. The maximum atomic E-state index is 11.9. The number of rotatable bonds is 5. The van der Waals surface area contributed by atoms with E-state index in [1.807, 2.05) is 13.8 Å². The Morgan fingerprint density at radius 2 is 1.81 bits per heavy atom. The van der Waals surface area contributed by atoms with Gasteiger partial charge in [0.05, 0.1) is 11.8 Å². The van der Waals surface area contributed by atoms with E-state index in [1.165, 1.54) is 0 Å². The van der Waals surface area contributed by atoms with Gasteiger partial charge in [0.25, 0.3) is 0 Å². The molecule has 92 valence electrons. The predicted molar refractivity (Wildman–Crippen MR) is 61.0 cm³/mol. The molecule has 1 aliphatic rings. The number of hydrogen-bond donors (Lipinski definition) is 2. The molecule has 0 radical (unpaired) electrons. The quantitative estimate of drug-likeness (QED) is 0.752. The Balaban J connectivity index is 2.56. The van der Waals surface area contributed by atoms with Crippen molar-refractivity contribution in [3.8, 4) is 0 Å². The number of hydrogen-bond acceptors (Lipinski definition) is 2. The molecule has 0 heterocycles. The van der Waals surface area contributed by atoms with E-state index in [9.17, 15) is 9.59 Å². The van der Waals surface area contributed by atoms with Crippen LogP contribution in [0.25, 0.3) is 0 Å². The van der Waals surface area contributed by atoms with Crippen LogP contribution in [0.2, 0.25) is 0 Å². The van der Waals surface area contributed by atoms with Gasteiger partial charge in [0.2, 0.25) is 5.91 Å². The van der Waals surface area contributed by atoms with Gasteiger partial charge < -0.3 is 10.4 Å². The van der Waals surface area contributed by atoms with Crippen LogP contribution in [-0.4, -0.2) is 23.0 Å². The lowest BCUT2D eigenvalue weighted by Gasteiger charge is -2.20. The molecule has 2 atom stereocenters. The van der Waals surface area contributed by atoms with Crippen molar-refractivity contribution in [1.29, 1.82) is 0 Å². The summed E-state index contributed by atoms with van der Waals surface area (Å²) >= 11 is 0. The molecule has 0 aromatic rings. The number of nitrogens with one attached hydrogen (secondary N) is 1. The number of amides is 1. The van der Waals surface area contributed by atoms with E-state index in [2.05, 4.69) is 5.32 Å². The normalized spacial score (nSPS) is 24.7. The van der Waals surface area contributed by atoms with Crippen molar-refractivity contribution in [1.82, 2.24) is 5.32 Å². The van der Waals surface area contributed by atoms with Crippen LogP contribution >= 0.6 is 0 Å². The highest BCUT2D eigenvalue weighted by Crippen LogP contribution is 2.32. The second kappa shape index (κ2) is 5.87. The minimum atomic E-state index is -0.831. The molecule has 1 amide bonds. The van der Waals surface area contributed by atoms with Gasteiger partial charge in [-0.2, -0.15) is 0 Å². The zero-order valence-electron chi connectivity index (χ0n) is 10.0. The molecule has 1 aliphatic carbocycles. The first-order chi connectivity index (χ1) is 7.60. The summed E-state index contributed by atoms with van der Waals surface area (Å²) in [6, 6.07) is 0.183. The molecule has 2 unspecified atom stereocenters. The summed E-state index contributed by atoms with van der Waals surface area (Å²) in [4.78, 5) is 22.9. The van der Waals surface area contributed by atoms with Crippen molar-refractivity contribution in [3.63, 3.8) is 0 Å². The van der Waals surface area contributed by atoms with E-state index in [1.54, 1.807) is 0 Å². The van der Waals surface area contributed by atoms with Crippen molar-refractivity contribution >= 4 is 11.9 Å². The zero-order chi connectivity index (χ0) is 12.1. The van der Waals surface area contributed by atoms with Gasteiger partial charge in [-0.15, -0.1) is 0 Å². The number of carboxylic acids is 1. The van der Waals surface area contributed by atoms with Crippen LogP contribution in [0.15, 0.2) is 0 Å². The van der Waals surface area contributed by atoms with Crippen LogP contribution in [0, 0.1) is 11.8 Å². The standard InChI is InChI=1S/C12H21NO3/c1-3-8(4-2)13-11(14)9-6-5-7-10(9)12(15)16/h8-10H,3-7H2,1-2H3,(H,13,14)(H,15,16). The van der Waals surface area contributed by atoms with Gasteiger partial charge in [-0.25, -0.2) is 0 Å². The topological polar surface area (TPSA) is 66.4 Å². The fourth-order valence-electron chi connectivity index (χ4n) is 2.37. The van der Waals surface area contributed by atoms with Gasteiger partial charge in [0, 0.05) is 6.04 Å². The van der Waals surface area contributed by atoms with Crippen molar-refractivity contribution < 1.29 is 14.7 Å². The molecule has 0 bridgehead atoms. The highest BCUT2D eigenvalue weighted by molar-refractivity contribution is 5.85. The minimum absolute atomic E-state index is 0.0707. The van der Waals surface area contributed by atoms with Gasteiger partial charge in [-0.05, 0) is 25.7 Å². The second-order valence-corrected chi connectivity index (χ2v) is 4.50. The number of aliphatic carboxylic acids is 1. The van der Waals surface area contributed by atoms with E-state index in [-0.39, 0.29) is 17.9 Å². The smallest absolute Gasteiger partial charge is 0.307 e. The molecule has 1 rings (SSSR count). The summed E-state index contributed by atoms with van der Waals surface area (Å²) in [5.41, 5.74) is 0. The summed E-state index contributed by atoms with van der Waals surface area (Å²) < 4.78 is 0. The Labute approximate surface area is 96.4 Å².